The summed E-state index contributed by atoms with van der Waals surface area (Å²) < 4.78 is 0. The molecule has 0 saturated carbocycles. The van der Waals surface area contributed by atoms with Gasteiger partial charge in [0.1, 0.15) is 0 Å². The van der Waals surface area contributed by atoms with Crippen molar-refractivity contribution in [3.05, 3.63) is 59.2 Å². The maximum atomic E-state index is 6.07. The molecule has 0 spiro atoms. The SMILES string of the molecule is Cc1cccc(N)c1NC1CCc2ccccc2C1. The van der Waals surface area contributed by atoms with Crippen molar-refractivity contribution in [1.29, 1.82) is 0 Å². The molecular formula is C17H20N2. The summed E-state index contributed by atoms with van der Waals surface area (Å²) in [4.78, 5) is 0. The Morgan fingerprint density at radius 1 is 1.05 bits per heavy atom. The van der Waals surface area contributed by atoms with Gasteiger partial charge in [-0.3, -0.25) is 0 Å². The van der Waals surface area contributed by atoms with Crippen LogP contribution >= 0.6 is 0 Å². The zero-order valence-corrected chi connectivity index (χ0v) is 11.3. The molecule has 0 bridgehead atoms. The van der Waals surface area contributed by atoms with Crippen LogP contribution in [0.3, 0.4) is 0 Å². The first kappa shape index (κ1) is 12.1. The first-order valence-electron chi connectivity index (χ1n) is 6.92. The van der Waals surface area contributed by atoms with E-state index in [1.165, 1.54) is 23.1 Å². The summed E-state index contributed by atoms with van der Waals surface area (Å²) in [7, 11) is 0. The first-order chi connectivity index (χ1) is 9.24. The van der Waals surface area contributed by atoms with E-state index in [2.05, 4.69) is 42.6 Å². The zero-order valence-electron chi connectivity index (χ0n) is 11.3. The Morgan fingerprint density at radius 3 is 2.63 bits per heavy atom. The fourth-order valence-electron chi connectivity index (χ4n) is 2.91. The summed E-state index contributed by atoms with van der Waals surface area (Å²) in [5, 5.41) is 3.63. The fourth-order valence-corrected chi connectivity index (χ4v) is 2.91. The van der Waals surface area contributed by atoms with Gasteiger partial charge in [-0.2, -0.15) is 0 Å². The smallest absolute Gasteiger partial charge is 0.0605 e. The van der Waals surface area contributed by atoms with Gasteiger partial charge in [0.15, 0.2) is 0 Å². The molecule has 2 nitrogen and oxygen atoms in total. The number of hydrogen-bond donors (Lipinski definition) is 2. The molecule has 0 aromatic heterocycles. The van der Waals surface area contributed by atoms with Gasteiger partial charge < -0.3 is 11.1 Å². The van der Waals surface area contributed by atoms with Crippen molar-refractivity contribution in [3.63, 3.8) is 0 Å². The molecule has 0 amide bonds. The minimum Gasteiger partial charge on any atom is -0.397 e. The normalized spacial score (nSPS) is 17.8. The lowest BCUT2D eigenvalue weighted by Crippen LogP contribution is -2.28. The second-order valence-corrected chi connectivity index (χ2v) is 5.39. The van der Waals surface area contributed by atoms with Crippen LogP contribution in [-0.2, 0) is 12.8 Å². The van der Waals surface area contributed by atoms with E-state index in [0.29, 0.717) is 6.04 Å². The first-order valence-corrected chi connectivity index (χ1v) is 6.92. The van der Waals surface area contributed by atoms with E-state index in [1.807, 2.05) is 12.1 Å². The molecule has 0 saturated heterocycles. The number of nitrogens with one attached hydrogen (secondary N) is 1. The predicted octanol–water partition coefficient (Wildman–Crippen LogP) is 3.55. The van der Waals surface area contributed by atoms with E-state index in [-0.39, 0.29) is 0 Å². The van der Waals surface area contributed by atoms with Crippen LogP contribution in [0.4, 0.5) is 11.4 Å². The number of anilines is 2. The molecule has 1 unspecified atom stereocenters. The fraction of sp³-hybridized carbons (Fsp3) is 0.294. The Bertz CT molecular complexity index is 569. The van der Waals surface area contributed by atoms with Gasteiger partial charge in [-0.1, -0.05) is 36.4 Å². The second-order valence-electron chi connectivity index (χ2n) is 5.39. The third kappa shape index (κ3) is 2.43. The second kappa shape index (κ2) is 4.96. The number of fused-ring (bicyclic) bond motifs is 1. The van der Waals surface area contributed by atoms with E-state index < -0.39 is 0 Å². The highest BCUT2D eigenvalue weighted by atomic mass is 14.9. The lowest BCUT2D eigenvalue weighted by Gasteiger charge is -2.27. The number of rotatable bonds is 2. The molecule has 1 aliphatic rings. The van der Waals surface area contributed by atoms with Crippen LogP contribution in [-0.4, -0.2) is 6.04 Å². The number of benzene rings is 2. The van der Waals surface area contributed by atoms with Crippen molar-refractivity contribution in [2.75, 3.05) is 11.1 Å². The Balaban J connectivity index is 1.79. The van der Waals surface area contributed by atoms with E-state index >= 15 is 0 Å². The van der Waals surface area contributed by atoms with E-state index in [4.69, 9.17) is 5.73 Å². The molecule has 0 fully saturated rings. The summed E-state index contributed by atoms with van der Waals surface area (Å²) >= 11 is 0. The molecule has 0 aliphatic heterocycles. The average Bonchev–Trinajstić information content (AvgIpc) is 2.43. The highest BCUT2D eigenvalue weighted by Gasteiger charge is 2.19. The highest BCUT2D eigenvalue weighted by Crippen LogP contribution is 2.28. The lowest BCUT2D eigenvalue weighted by atomic mass is 9.88. The molecule has 0 radical (unpaired) electrons. The molecule has 3 N–H and O–H groups in total. The van der Waals surface area contributed by atoms with Crippen molar-refractivity contribution in [2.45, 2.75) is 32.2 Å². The molecule has 2 aromatic rings. The average molecular weight is 252 g/mol. The van der Waals surface area contributed by atoms with Crippen LogP contribution in [0.15, 0.2) is 42.5 Å². The monoisotopic (exact) mass is 252 g/mol. The summed E-state index contributed by atoms with van der Waals surface area (Å²) in [5.74, 6) is 0. The highest BCUT2D eigenvalue weighted by molar-refractivity contribution is 5.70. The quantitative estimate of drug-likeness (QED) is 0.802. The van der Waals surface area contributed by atoms with Crippen LogP contribution in [0.1, 0.15) is 23.1 Å². The van der Waals surface area contributed by atoms with Crippen LogP contribution in [0.25, 0.3) is 0 Å². The van der Waals surface area contributed by atoms with Gasteiger partial charge in [0.2, 0.25) is 0 Å². The Hall–Kier alpha value is -1.96. The van der Waals surface area contributed by atoms with E-state index in [0.717, 1.165) is 24.2 Å². The Kier molecular flexibility index (Phi) is 3.16. The van der Waals surface area contributed by atoms with Crippen molar-refractivity contribution in [2.24, 2.45) is 0 Å². The van der Waals surface area contributed by atoms with E-state index in [9.17, 15) is 0 Å². The maximum Gasteiger partial charge on any atom is 0.0605 e. The van der Waals surface area contributed by atoms with Gasteiger partial charge >= 0.3 is 0 Å². The van der Waals surface area contributed by atoms with Crippen LogP contribution in [0.2, 0.25) is 0 Å². The molecule has 19 heavy (non-hydrogen) atoms. The number of nitrogen functional groups attached to an aromatic ring is 1. The van der Waals surface area contributed by atoms with Crippen LogP contribution in [0.5, 0.6) is 0 Å². The zero-order chi connectivity index (χ0) is 13.2. The van der Waals surface area contributed by atoms with Gasteiger partial charge in [-0.05, 0) is 48.9 Å². The molecule has 0 heterocycles. The standard InChI is InChI=1S/C17H20N2/c1-12-5-4-8-16(18)17(12)19-15-10-9-13-6-2-3-7-14(13)11-15/h2-8,15,19H,9-11,18H2,1H3. The van der Waals surface area contributed by atoms with Gasteiger partial charge in [-0.15, -0.1) is 0 Å². The molecule has 1 atom stereocenters. The van der Waals surface area contributed by atoms with Crippen LogP contribution in [0, 0.1) is 6.92 Å². The van der Waals surface area contributed by atoms with Crippen molar-refractivity contribution >= 4 is 11.4 Å². The largest absolute Gasteiger partial charge is 0.397 e. The molecule has 1 aliphatic carbocycles. The number of aryl methyl sites for hydroxylation is 2. The molecule has 2 aromatic carbocycles. The Morgan fingerprint density at radius 2 is 1.84 bits per heavy atom. The molecular weight excluding hydrogens is 232 g/mol. The third-order valence-electron chi connectivity index (χ3n) is 4.00. The van der Waals surface area contributed by atoms with Crippen LogP contribution < -0.4 is 11.1 Å². The number of hydrogen-bond acceptors (Lipinski definition) is 2. The summed E-state index contributed by atoms with van der Waals surface area (Å²) in [6, 6.07) is 15.3. The summed E-state index contributed by atoms with van der Waals surface area (Å²) in [5.41, 5.74) is 12.2. The topological polar surface area (TPSA) is 38.0 Å². The minimum atomic E-state index is 0.485. The maximum absolute atomic E-state index is 6.07. The van der Waals surface area contributed by atoms with Crippen molar-refractivity contribution in [3.8, 4) is 0 Å². The predicted molar refractivity (Wildman–Crippen MR) is 81.5 cm³/mol. The minimum absolute atomic E-state index is 0.485. The van der Waals surface area contributed by atoms with Crippen molar-refractivity contribution < 1.29 is 0 Å². The van der Waals surface area contributed by atoms with Gasteiger partial charge in [-0.25, -0.2) is 0 Å². The molecule has 2 heteroatoms. The summed E-state index contributed by atoms with van der Waals surface area (Å²) in [6.45, 7) is 2.11. The van der Waals surface area contributed by atoms with Gasteiger partial charge in [0.05, 0.1) is 11.4 Å². The molecule has 3 rings (SSSR count). The molecule has 98 valence electrons. The number of nitrogens with two attached hydrogens (primary N) is 1. The van der Waals surface area contributed by atoms with Gasteiger partial charge in [0.25, 0.3) is 0 Å². The van der Waals surface area contributed by atoms with E-state index in [1.54, 1.807) is 0 Å². The summed E-state index contributed by atoms with van der Waals surface area (Å²) in [6.07, 6.45) is 3.41. The van der Waals surface area contributed by atoms with Gasteiger partial charge in [0, 0.05) is 6.04 Å². The third-order valence-corrected chi connectivity index (χ3v) is 4.00. The van der Waals surface area contributed by atoms with Crippen molar-refractivity contribution in [1.82, 2.24) is 0 Å². The lowest BCUT2D eigenvalue weighted by molar-refractivity contribution is 0.611. The number of para-hydroxylation sites is 1. The Labute approximate surface area is 114 Å².